The monoisotopic (exact) mass is 250 g/mol. The summed E-state index contributed by atoms with van der Waals surface area (Å²) in [6, 6.07) is 12.0. The molecule has 0 aliphatic heterocycles. The summed E-state index contributed by atoms with van der Waals surface area (Å²) in [7, 11) is 0. The number of halogens is 1. The molecule has 0 aliphatic carbocycles. The van der Waals surface area contributed by atoms with Crippen LogP contribution in [0.4, 0.5) is 0 Å². The zero-order chi connectivity index (χ0) is 12.8. The van der Waals surface area contributed by atoms with Crippen LogP contribution in [0.5, 0.6) is 11.5 Å². The van der Waals surface area contributed by atoms with Crippen LogP contribution in [0, 0.1) is 13.8 Å². The SMILES string of the molecule is Cc1cc(O)cc(C)c1Cl.Oc1ccccc1. The molecule has 0 aromatic heterocycles. The molecule has 0 unspecified atom stereocenters. The number of aryl methyl sites for hydroxylation is 2. The Bertz CT molecular complexity index is 458. The topological polar surface area (TPSA) is 40.5 Å². The fourth-order valence-corrected chi connectivity index (χ4v) is 1.46. The normalized spacial score (nSPS) is 9.35. The molecular weight excluding hydrogens is 236 g/mol. The minimum atomic E-state index is 0.277. The van der Waals surface area contributed by atoms with Crippen molar-refractivity contribution in [3.63, 3.8) is 0 Å². The molecule has 2 aromatic carbocycles. The van der Waals surface area contributed by atoms with E-state index < -0.39 is 0 Å². The van der Waals surface area contributed by atoms with E-state index in [0.29, 0.717) is 5.75 Å². The summed E-state index contributed by atoms with van der Waals surface area (Å²) in [5, 5.41) is 18.4. The Balaban J connectivity index is 0.000000181. The van der Waals surface area contributed by atoms with Gasteiger partial charge in [-0.1, -0.05) is 29.8 Å². The molecule has 2 aromatic rings. The molecule has 90 valence electrons. The predicted molar refractivity (Wildman–Crippen MR) is 70.7 cm³/mol. The van der Waals surface area contributed by atoms with Crippen molar-refractivity contribution < 1.29 is 10.2 Å². The molecule has 2 N–H and O–H groups in total. The highest BCUT2D eigenvalue weighted by Gasteiger charge is 1.99. The third kappa shape index (κ3) is 4.37. The second kappa shape index (κ2) is 6.16. The Labute approximate surface area is 106 Å². The van der Waals surface area contributed by atoms with Crippen molar-refractivity contribution in [2.45, 2.75) is 13.8 Å². The molecule has 0 heterocycles. The van der Waals surface area contributed by atoms with Crippen LogP contribution in [0.25, 0.3) is 0 Å². The number of phenols is 2. The number of phenolic OH excluding ortho intramolecular Hbond substituents is 2. The first kappa shape index (κ1) is 13.4. The number of hydrogen-bond acceptors (Lipinski definition) is 2. The van der Waals surface area contributed by atoms with Gasteiger partial charge in [-0.25, -0.2) is 0 Å². The van der Waals surface area contributed by atoms with E-state index in [9.17, 15) is 0 Å². The summed E-state index contributed by atoms with van der Waals surface area (Å²) in [5.41, 5.74) is 1.83. The van der Waals surface area contributed by atoms with Crippen LogP contribution in [0.2, 0.25) is 5.02 Å². The van der Waals surface area contributed by atoms with E-state index in [0.717, 1.165) is 16.1 Å². The van der Waals surface area contributed by atoms with Crippen LogP contribution < -0.4 is 0 Å². The molecule has 0 aliphatic rings. The average Bonchev–Trinajstić information content (AvgIpc) is 2.27. The minimum Gasteiger partial charge on any atom is -0.508 e. The molecule has 17 heavy (non-hydrogen) atoms. The number of rotatable bonds is 0. The van der Waals surface area contributed by atoms with E-state index >= 15 is 0 Å². The van der Waals surface area contributed by atoms with Crippen molar-refractivity contribution in [3.8, 4) is 11.5 Å². The van der Waals surface area contributed by atoms with Gasteiger partial charge < -0.3 is 10.2 Å². The summed E-state index contributed by atoms with van der Waals surface area (Å²) in [5.74, 6) is 0.599. The van der Waals surface area contributed by atoms with Gasteiger partial charge >= 0.3 is 0 Å². The molecule has 0 atom stereocenters. The zero-order valence-corrected chi connectivity index (χ0v) is 10.6. The lowest BCUT2D eigenvalue weighted by atomic mass is 10.1. The Morgan fingerprint density at radius 2 is 1.29 bits per heavy atom. The van der Waals surface area contributed by atoms with Crippen LogP contribution in [-0.2, 0) is 0 Å². The van der Waals surface area contributed by atoms with Crippen LogP contribution in [0.1, 0.15) is 11.1 Å². The fraction of sp³-hybridized carbons (Fsp3) is 0.143. The van der Waals surface area contributed by atoms with Crippen molar-refractivity contribution >= 4 is 11.6 Å². The quantitative estimate of drug-likeness (QED) is 0.740. The van der Waals surface area contributed by atoms with Gasteiger partial charge in [0.25, 0.3) is 0 Å². The molecule has 2 nitrogen and oxygen atoms in total. The predicted octanol–water partition coefficient (Wildman–Crippen LogP) is 4.05. The second-order valence-corrected chi connectivity index (χ2v) is 4.11. The average molecular weight is 251 g/mol. The highest BCUT2D eigenvalue weighted by molar-refractivity contribution is 6.32. The molecular formula is C14H15ClO2. The van der Waals surface area contributed by atoms with Gasteiger partial charge in [0, 0.05) is 5.02 Å². The first-order chi connectivity index (χ1) is 8.00. The largest absolute Gasteiger partial charge is 0.508 e. The van der Waals surface area contributed by atoms with E-state index in [2.05, 4.69) is 0 Å². The van der Waals surface area contributed by atoms with E-state index in [1.54, 1.807) is 36.4 Å². The Hall–Kier alpha value is -1.67. The van der Waals surface area contributed by atoms with Crippen molar-refractivity contribution in [3.05, 3.63) is 58.6 Å². The smallest absolute Gasteiger partial charge is 0.116 e. The lowest BCUT2D eigenvalue weighted by Gasteiger charge is -2.01. The second-order valence-electron chi connectivity index (χ2n) is 3.73. The number of para-hydroxylation sites is 1. The summed E-state index contributed by atoms with van der Waals surface area (Å²) in [4.78, 5) is 0. The molecule has 0 saturated heterocycles. The fourth-order valence-electron chi connectivity index (χ4n) is 1.35. The van der Waals surface area contributed by atoms with Gasteiger partial charge in [-0.2, -0.15) is 0 Å². The summed E-state index contributed by atoms with van der Waals surface area (Å²) < 4.78 is 0. The maximum Gasteiger partial charge on any atom is 0.116 e. The third-order valence-electron chi connectivity index (χ3n) is 2.18. The Morgan fingerprint density at radius 1 is 0.824 bits per heavy atom. The van der Waals surface area contributed by atoms with Crippen LogP contribution in [0.15, 0.2) is 42.5 Å². The first-order valence-electron chi connectivity index (χ1n) is 5.20. The van der Waals surface area contributed by atoms with Gasteiger partial charge in [0.15, 0.2) is 0 Å². The Morgan fingerprint density at radius 3 is 1.65 bits per heavy atom. The standard InChI is InChI=1S/C8H9ClO.C6H6O/c1-5-3-7(10)4-6(2)8(5)9;7-6-4-2-1-3-5-6/h3-4,10H,1-2H3;1-5,7H. The first-order valence-corrected chi connectivity index (χ1v) is 5.58. The van der Waals surface area contributed by atoms with Crippen LogP contribution in [-0.4, -0.2) is 10.2 Å². The maximum absolute atomic E-state index is 9.06. The lowest BCUT2D eigenvalue weighted by Crippen LogP contribution is -1.79. The van der Waals surface area contributed by atoms with E-state index in [-0.39, 0.29) is 5.75 Å². The molecule has 3 heteroatoms. The number of benzene rings is 2. The van der Waals surface area contributed by atoms with E-state index in [1.165, 1.54) is 0 Å². The molecule has 0 fully saturated rings. The van der Waals surface area contributed by atoms with Crippen molar-refractivity contribution in [2.24, 2.45) is 0 Å². The summed E-state index contributed by atoms with van der Waals surface area (Å²) in [6.07, 6.45) is 0. The van der Waals surface area contributed by atoms with Gasteiger partial charge in [-0.15, -0.1) is 0 Å². The molecule has 2 rings (SSSR count). The van der Waals surface area contributed by atoms with Gasteiger partial charge in [0.2, 0.25) is 0 Å². The number of hydrogen-bond donors (Lipinski definition) is 2. The molecule has 0 amide bonds. The third-order valence-corrected chi connectivity index (χ3v) is 2.77. The van der Waals surface area contributed by atoms with Crippen molar-refractivity contribution in [1.29, 1.82) is 0 Å². The molecule has 0 spiro atoms. The van der Waals surface area contributed by atoms with Crippen molar-refractivity contribution in [1.82, 2.24) is 0 Å². The lowest BCUT2D eigenvalue weighted by molar-refractivity contribution is 0.474. The van der Waals surface area contributed by atoms with Gasteiger partial charge in [-0.05, 0) is 49.2 Å². The summed E-state index contributed by atoms with van der Waals surface area (Å²) >= 11 is 5.84. The van der Waals surface area contributed by atoms with Crippen molar-refractivity contribution in [2.75, 3.05) is 0 Å². The summed E-state index contributed by atoms with van der Waals surface area (Å²) in [6.45, 7) is 3.74. The molecule has 0 saturated carbocycles. The van der Waals surface area contributed by atoms with Crippen LogP contribution >= 0.6 is 11.6 Å². The highest BCUT2D eigenvalue weighted by Crippen LogP contribution is 2.24. The van der Waals surface area contributed by atoms with Crippen LogP contribution in [0.3, 0.4) is 0 Å². The van der Waals surface area contributed by atoms with E-state index in [1.807, 2.05) is 19.9 Å². The minimum absolute atomic E-state index is 0.277. The van der Waals surface area contributed by atoms with Gasteiger partial charge in [-0.3, -0.25) is 0 Å². The Kier molecular flexibility index (Phi) is 4.85. The van der Waals surface area contributed by atoms with Gasteiger partial charge in [0.05, 0.1) is 0 Å². The number of aromatic hydroxyl groups is 2. The molecule has 0 bridgehead atoms. The molecule has 0 radical (unpaired) electrons. The maximum atomic E-state index is 9.06. The van der Waals surface area contributed by atoms with Gasteiger partial charge in [0.1, 0.15) is 11.5 Å². The zero-order valence-electron chi connectivity index (χ0n) is 9.81. The van der Waals surface area contributed by atoms with E-state index in [4.69, 9.17) is 21.8 Å². The highest BCUT2D eigenvalue weighted by atomic mass is 35.5.